The lowest BCUT2D eigenvalue weighted by molar-refractivity contribution is -0.105. The predicted octanol–water partition coefficient (Wildman–Crippen LogP) is 7.15. The van der Waals surface area contributed by atoms with Crippen molar-refractivity contribution in [3.05, 3.63) is 77.0 Å². The molecule has 1 aromatic rings. The maximum Gasteiger partial charge on any atom is 0.124 e. The van der Waals surface area contributed by atoms with Gasteiger partial charge in [0.2, 0.25) is 0 Å². The van der Waals surface area contributed by atoms with E-state index in [1.807, 2.05) is 7.05 Å². The van der Waals surface area contributed by atoms with E-state index in [4.69, 9.17) is 0 Å². The molecule has 4 nitrogen and oxygen atoms in total. The molecule has 2 unspecified atom stereocenters. The number of hydrogen-bond donors (Lipinski definition) is 1. The number of hydrogen-bond acceptors (Lipinski definition) is 4. The van der Waals surface area contributed by atoms with E-state index in [1.54, 1.807) is 0 Å². The first kappa shape index (κ1) is 30.5. The molecule has 1 fully saturated rings. The van der Waals surface area contributed by atoms with Crippen LogP contribution in [0.1, 0.15) is 75.8 Å². The summed E-state index contributed by atoms with van der Waals surface area (Å²) in [5, 5.41) is 3.44. The molecule has 0 radical (unpaired) electrons. The number of carbonyl (C=O) groups is 1. The van der Waals surface area contributed by atoms with Gasteiger partial charge in [-0.3, -0.25) is 4.90 Å². The number of aldehydes is 1. The van der Waals surface area contributed by atoms with Crippen LogP contribution < -0.4 is 5.32 Å². The molecular formula is C33H50N3OP. The molecule has 5 heteroatoms. The van der Waals surface area contributed by atoms with Crippen molar-refractivity contribution >= 4 is 20.4 Å². The van der Waals surface area contributed by atoms with Crippen molar-refractivity contribution in [2.45, 2.75) is 83.0 Å². The SMILES string of the molecule is C=C/C(Cc1ccc(C2=CCCC=C2C(NC)PCC=O)cc1)=C(/CCC)N(C)CN(C)C1CCCCC1. The molecule has 2 atom stereocenters. The summed E-state index contributed by atoms with van der Waals surface area (Å²) in [4.78, 5) is 16.0. The molecule has 0 aromatic heterocycles. The van der Waals surface area contributed by atoms with E-state index in [0.29, 0.717) is 20.8 Å². The number of nitrogens with one attached hydrogen (secondary N) is 1. The van der Waals surface area contributed by atoms with Crippen molar-refractivity contribution in [3.8, 4) is 0 Å². The van der Waals surface area contributed by atoms with Gasteiger partial charge in [0.25, 0.3) is 0 Å². The maximum absolute atomic E-state index is 11.0. The van der Waals surface area contributed by atoms with Crippen LogP contribution in [0.5, 0.6) is 0 Å². The van der Waals surface area contributed by atoms with Gasteiger partial charge < -0.3 is 15.0 Å². The third kappa shape index (κ3) is 8.50. The number of benzene rings is 1. The topological polar surface area (TPSA) is 35.6 Å². The van der Waals surface area contributed by atoms with E-state index in [1.165, 1.54) is 65.6 Å². The first-order chi connectivity index (χ1) is 18.5. The highest BCUT2D eigenvalue weighted by Gasteiger charge is 2.21. The van der Waals surface area contributed by atoms with E-state index in [2.05, 4.69) is 85.2 Å². The van der Waals surface area contributed by atoms with Gasteiger partial charge >= 0.3 is 0 Å². The monoisotopic (exact) mass is 535 g/mol. The fraction of sp³-hybridized carbons (Fsp3) is 0.545. The van der Waals surface area contributed by atoms with Gasteiger partial charge in [-0.25, -0.2) is 0 Å². The van der Waals surface area contributed by atoms with Crippen LogP contribution >= 0.6 is 8.58 Å². The van der Waals surface area contributed by atoms with Crippen LogP contribution in [0.25, 0.3) is 5.57 Å². The number of carbonyl (C=O) groups excluding carboxylic acids is 1. The molecule has 0 amide bonds. The summed E-state index contributed by atoms with van der Waals surface area (Å²) in [5.74, 6) is 0.237. The van der Waals surface area contributed by atoms with Crippen LogP contribution in [0.2, 0.25) is 0 Å². The second-order valence-electron chi connectivity index (χ2n) is 10.8. The van der Waals surface area contributed by atoms with E-state index in [0.717, 1.165) is 45.1 Å². The van der Waals surface area contributed by atoms with Gasteiger partial charge in [-0.1, -0.05) is 90.3 Å². The normalized spacial score (nSPS) is 18.2. The number of rotatable bonds is 15. The average Bonchev–Trinajstić information content (AvgIpc) is 2.96. The lowest BCUT2D eigenvalue weighted by atomic mass is 9.90. The molecule has 0 aliphatic heterocycles. The average molecular weight is 536 g/mol. The zero-order valence-corrected chi connectivity index (χ0v) is 25.3. The molecule has 0 saturated heterocycles. The first-order valence-electron chi connectivity index (χ1n) is 14.6. The summed E-state index contributed by atoms with van der Waals surface area (Å²) in [6.07, 6.45) is 20.5. The molecule has 3 rings (SSSR count). The van der Waals surface area contributed by atoms with Crippen molar-refractivity contribution in [2.24, 2.45) is 0 Å². The Morgan fingerprint density at radius 1 is 1.13 bits per heavy atom. The van der Waals surface area contributed by atoms with Crippen molar-refractivity contribution in [3.63, 3.8) is 0 Å². The highest BCUT2D eigenvalue weighted by molar-refractivity contribution is 7.40. The third-order valence-electron chi connectivity index (χ3n) is 8.05. The first-order valence-corrected chi connectivity index (χ1v) is 15.9. The number of likely N-dealkylation sites (N-methyl/N-ethyl adjacent to an activating group) is 1. The van der Waals surface area contributed by atoms with E-state index >= 15 is 0 Å². The molecule has 0 spiro atoms. The van der Waals surface area contributed by atoms with Crippen molar-refractivity contribution in [1.82, 2.24) is 15.1 Å². The van der Waals surface area contributed by atoms with Crippen molar-refractivity contribution in [2.75, 3.05) is 34.0 Å². The molecule has 208 valence electrons. The summed E-state index contributed by atoms with van der Waals surface area (Å²) >= 11 is 0. The number of allylic oxidation sites excluding steroid dienone is 5. The van der Waals surface area contributed by atoms with Crippen molar-refractivity contribution in [1.29, 1.82) is 0 Å². The Morgan fingerprint density at radius 2 is 1.84 bits per heavy atom. The van der Waals surface area contributed by atoms with Crippen LogP contribution in [-0.4, -0.2) is 61.9 Å². The minimum atomic E-state index is 0.237. The molecular weight excluding hydrogens is 485 g/mol. The highest BCUT2D eigenvalue weighted by atomic mass is 31.1. The van der Waals surface area contributed by atoms with Crippen LogP contribution in [0.15, 0.2) is 65.9 Å². The van der Waals surface area contributed by atoms with Gasteiger partial charge in [0.05, 0.1) is 6.67 Å². The van der Waals surface area contributed by atoms with Gasteiger partial charge in [-0.15, -0.1) is 0 Å². The van der Waals surface area contributed by atoms with Crippen LogP contribution in [0.4, 0.5) is 0 Å². The number of nitrogens with zero attached hydrogens (tertiary/aromatic N) is 2. The Labute approximate surface area is 234 Å². The maximum atomic E-state index is 11.0. The van der Waals surface area contributed by atoms with Crippen LogP contribution in [0.3, 0.4) is 0 Å². The van der Waals surface area contributed by atoms with Crippen molar-refractivity contribution < 1.29 is 4.79 Å². The summed E-state index contributed by atoms with van der Waals surface area (Å²) in [7, 11) is 7.11. The predicted molar refractivity (Wildman–Crippen MR) is 167 cm³/mol. The highest BCUT2D eigenvalue weighted by Crippen LogP contribution is 2.36. The molecule has 0 heterocycles. The summed E-state index contributed by atoms with van der Waals surface area (Å²) < 4.78 is 0. The van der Waals surface area contributed by atoms with Crippen LogP contribution in [0, 0.1) is 0 Å². The fourth-order valence-corrected chi connectivity index (χ4v) is 7.02. The molecule has 38 heavy (non-hydrogen) atoms. The van der Waals surface area contributed by atoms with E-state index in [-0.39, 0.29) is 5.78 Å². The minimum absolute atomic E-state index is 0.237. The smallest absolute Gasteiger partial charge is 0.124 e. The molecule has 1 N–H and O–H groups in total. The van der Waals surface area contributed by atoms with Gasteiger partial charge in [0.15, 0.2) is 0 Å². The van der Waals surface area contributed by atoms with Gasteiger partial charge in [-0.2, -0.15) is 0 Å². The van der Waals surface area contributed by atoms with Gasteiger partial charge in [0.1, 0.15) is 6.29 Å². The summed E-state index contributed by atoms with van der Waals surface area (Å²) in [6, 6.07) is 9.83. The molecule has 0 bridgehead atoms. The second-order valence-corrected chi connectivity index (χ2v) is 12.2. The standard InChI is InChI=1S/C33H50N3OP/c1-6-13-32(36(5)25-35(4)29-14-9-8-10-15-29)27(7-2)24-26-18-20-28(21-19-26)30-16-11-12-17-31(30)33(34-3)38-23-22-37/h7,16-22,29,33-34,38H,2,6,8-15,23-25H2,1,3-5H3/b32-27+. The zero-order chi connectivity index (χ0) is 27.3. The van der Waals surface area contributed by atoms with Gasteiger partial charge in [0, 0.05) is 30.7 Å². The quantitative estimate of drug-likeness (QED) is 0.112. The second kappa shape index (κ2) is 16.2. The Hall–Kier alpha value is -2.00. The van der Waals surface area contributed by atoms with E-state index in [9.17, 15) is 4.79 Å². The van der Waals surface area contributed by atoms with Crippen LogP contribution in [-0.2, 0) is 11.2 Å². The Morgan fingerprint density at radius 3 is 2.47 bits per heavy atom. The van der Waals surface area contributed by atoms with E-state index < -0.39 is 0 Å². The third-order valence-corrected chi connectivity index (χ3v) is 9.46. The Kier molecular flexibility index (Phi) is 13.0. The lowest BCUT2D eigenvalue weighted by Crippen LogP contribution is -2.40. The summed E-state index contributed by atoms with van der Waals surface area (Å²) in [6.45, 7) is 7.46. The summed E-state index contributed by atoms with van der Waals surface area (Å²) in [5.41, 5.74) is 8.00. The minimum Gasteiger partial charge on any atom is -0.365 e. The fourth-order valence-electron chi connectivity index (χ4n) is 5.99. The zero-order valence-electron chi connectivity index (χ0n) is 24.3. The van der Waals surface area contributed by atoms with Gasteiger partial charge in [-0.05, 0) is 80.5 Å². The Bertz CT molecular complexity index is 988. The lowest BCUT2D eigenvalue weighted by Gasteiger charge is -2.36. The Balaban J connectivity index is 1.75. The largest absolute Gasteiger partial charge is 0.365 e. The molecule has 1 saturated carbocycles. The molecule has 2 aliphatic carbocycles. The molecule has 2 aliphatic rings. The molecule has 1 aromatic carbocycles.